The Bertz CT molecular complexity index is 510. The smallest absolute Gasteiger partial charge is 0.0455 e. The summed E-state index contributed by atoms with van der Waals surface area (Å²) < 4.78 is 0. The van der Waals surface area contributed by atoms with Crippen LogP contribution in [0.1, 0.15) is 51.0 Å². The summed E-state index contributed by atoms with van der Waals surface area (Å²) in [5.41, 5.74) is 2.54. The largest absolute Gasteiger partial charge is 0.366 e. The summed E-state index contributed by atoms with van der Waals surface area (Å²) in [6, 6.07) is 6.85. The van der Waals surface area contributed by atoms with E-state index < -0.39 is 0 Å². The molecule has 1 saturated carbocycles. The Balaban J connectivity index is 1.53. The summed E-state index contributed by atoms with van der Waals surface area (Å²) in [4.78, 5) is 5.22. The van der Waals surface area contributed by atoms with Crippen LogP contribution in [0.4, 0.5) is 5.69 Å². The van der Waals surface area contributed by atoms with Crippen LogP contribution in [0.3, 0.4) is 0 Å². The van der Waals surface area contributed by atoms with Crippen molar-refractivity contribution in [3.8, 4) is 0 Å². The zero-order chi connectivity index (χ0) is 16.2. The molecule has 2 nitrogen and oxygen atoms in total. The molecular weight excluding hydrogens is 304 g/mol. The van der Waals surface area contributed by atoms with E-state index in [1.807, 2.05) is 6.07 Å². The first kappa shape index (κ1) is 17.1. The van der Waals surface area contributed by atoms with Crippen molar-refractivity contribution in [2.24, 2.45) is 5.92 Å². The third-order valence-electron chi connectivity index (χ3n) is 5.84. The molecule has 0 amide bonds. The van der Waals surface area contributed by atoms with E-state index in [-0.39, 0.29) is 0 Å². The Hall–Kier alpha value is -0.730. The van der Waals surface area contributed by atoms with Gasteiger partial charge in [-0.25, -0.2) is 0 Å². The van der Waals surface area contributed by atoms with Gasteiger partial charge in [0.2, 0.25) is 0 Å². The molecule has 0 N–H and O–H groups in total. The van der Waals surface area contributed by atoms with Crippen molar-refractivity contribution in [2.75, 3.05) is 31.1 Å². The molecule has 0 spiro atoms. The van der Waals surface area contributed by atoms with Crippen LogP contribution >= 0.6 is 11.6 Å². The molecule has 128 valence electrons. The van der Waals surface area contributed by atoms with Gasteiger partial charge in [0, 0.05) is 36.4 Å². The van der Waals surface area contributed by atoms with Crippen molar-refractivity contribution in [2.45, 2.75) is 58.4 Å². The Morgan fingerprint density at radius 3 is 2.65 bits per heavy atom. The predicted molar refractivity (Wildman–Crippen MR) is 101 cm³/mol. The lowest BCUT2D eigenvalue weighted by Crippen LogP contribution is -2.52. The van der Waals surface area contributed by atoms with Gasteiger partial charge in [0.1, 0.15) is 0 Å². The summed E-state index contributed by atoms with van der Waals surface area (Å²) in [5.74, 6) is 0.993. The van der Waals surface area contributed by atoms with Gasteiger partial charge in [-0.2, -0.15) is 0 Å². The van der Waals surface area contributed by atoms with Crippen LogP contribution in [0, 0.1) is 12.8 Å². The van der Waals surface area contributed by atoms with Crippen LogP contribution in [-0.4, -0.2) is 37.1 Å². The predicted octanol–water partition coefficient (Wildman–Crippen LogP) is 5.13. The number of piperazine rings is 1. The van der Waals surface area contributed by atoms with Crippen molar-refractivity contribution >= 4 is 17.3 Å². The molecule has 1 aromatic carbocycles. The number of hydrogen-bond acceptors (Lipinski definition) is 2. The molecule has 1 heterocycles. The minimum absolute atomic E-state index is 0.562. The molecule has 0 bridgehead atoms. The average molecular weight is 335 g/mol. The zero-order valence-corrected chi connectivity index (χ0v) is 15.5. The SMILES string of the molecule is Cc1c(Cl)cccc1N1CCN(CCC2CCCCC2)CC1C. The Morgan fingerprint density at radius 1 is 1.13 bits per heavy atom. The van der Waals surface area contributed by atoms with Crippen LogP contribution in [0.5, 0.6) is 0 Å². The first-order valence-corrected chi connectivity index (χ1v) is 9.77. The van der Waals surface area contributed by atoms with Crippen molar-refractivity contribution in [1.82, 2.24) is 4.90 Å². The topological polar surface area (TPSA) is 6.48 Å². The standard InChI is InChI=1S/C20H31ClN2/c1-16-15-22(12-11-18-7-4-3-5-8-18)13-14-23(16)20-10-6-9-19(21)17(20)2/h6,9-10,16,18H,3-5,7-8,11-15H2,1-2H3. The van der Waals surface area contributed by atoms with Crippen LogP contribution in [-0.2, 0) is 0 Å². The molecule has 2 aliphatic rings. The van der Waals surface area contributed by atoms with Gasteiger partial charge in [-0.05, 0) is 50.4 Å². The lowest BCUT2D eigenvalue weighted by molar-refractivity contribution is 0.201. The summed E-state index contributed by atoms with van der Waals surface area (Å²) >= 11 is 6.31. The fraction of sp³-hybridized carbons (Fsp3) is 0.700. The minimum atomic E-state index is 0.562. The van der Waals surface area contributed by atoms with Crippen LogP contribution in [0.2, 0.25) is 5.02 Å². The lowest BCUT2D eigenvalue weighted by atomic mass is 9.87. The molecule has 1 unspecified atom stereocenters. The van der Waals surface area contributed by atoms with Gasteiger partial charge >= 0.3 is 0 Å². The molecule has 3 rings (SSSR count). The molecule has 0 aromatic heterocycles. The number of halogens is 1. The maximum Gasteiger partial charge on any atom is 0.0455 e. The molecule has 1 aliphatic heterocycles. The van der Waals surface area contributed by atoms with Crippen LogP contribution in [0.25, 0.3) is 0 Å². The molecule has 0 radical (unpaired) electrons. The van der Waals surface area contributed by atoms with Gasteiger partial charge in [0.25, 0.3) is 0 Å². The van der Waals surface area contributed by atoms with E-state index in [0.29, 0.717) is 6.04 Å². The monoisotopic (exact) mass is 334 g/mol. The average Bonchev–Trinajstić information content (AvgIpc) is 2.57. The molecule has 1 saturated heterocycles. The third-order valence-corrected chi connectivity index (χ3v) is 6.25. The highest BCUT2D eigenvalue weighted by Gasteiger charge is 2.25. The van der Waals surface area contributed by atoms with E-state index in [1.54, 1.807) is 0 Å². The fourth-order valence-corrected chi connectivity index (χ4v) is 4.51. The fourth-order valence-electron chi connectivity index (χ4n) is 4.34. The van der Waals surface area contributed by atoms with Crippen molar-refractivity contribution in [1.29, 1.82) is 0 Å². The highest BCUT2D eigenvalue weighted by Crippen LogP contribution is 2.30. The quantitative estimate of drug-likeness (QED) is 0.753. The first-order valence-electron chi connectivity index (χ1n) is 9.39. The van der Waals surface area contributed by atoms with Crippen molar-refractivity contribution < 1.29 is 0 Å². The molecule has 2 fully saturated rings. The summed E-state index contributed by atoms with van der Waals surface area (Å²) in [5, 5.41) is 0.884. The van der Waals surface area contributed by atoms with Gasteiger partial charge in [-0.3, -0.25) is 4.90 Å². The van der Waals surface area contributed by atoms with Gasteiger partial charge in [0.05, 0.1) is 0 Å². The van der Waals surface area contributed by atoms with Gasteiger partial charge in [-0.1, -0.05) is 49.8 Å². The van der Waals surface area contributed by atoms with E-state index in [0.717, 1.165) is 17.5 Å². The van der Waals surface area contributed by atoms with E-state index >= 15 is 0 Å². The molecule has 1 aromatic rings. The third kappa shape index (κ3) is 4.22. The molecule has 3 heteroatoms. The molecule has 1 aliphatic carbocycles. The maximum absolute atomic E-state index is 6.31. The molecule has 1 atom stereocenters. The maximum atomic E-state index is 6.31. The van der Waals surface area contributed by atoms with Gasteiger partial charge in [-0.15, -0.1) is 0 Å². The zero-order valence-electron chi connectivity index (χ0n) is 14.7. The van der Waals surface area contributed by atoms with Crippen molar-refractivity contribution in [3.63, 3.8) is 0 Å². The number of benzene rings is 1. The van der Waals surface area contributed by atoms with Crippen LogP contribution in [0.15, 0.2) is 18.2 Å². The number of hydrogen-bond donors (Lipinski definition) is 0. The van der Waals surface area contributed by atoms with E-state index in [9.17, 15) is 0 Å². The van der Waals surface area contributed by atoms with Crippen molar-refractivity contribution in [3.05, 3.63) is 28.8 Å². The lowest BCUT2D eigenvalue weighted by Gasteiger charge is -2.42. The second-order valence-corrected chi connectivity index (χ2v) is 7.93. The Morgan fingerprint density at radius 2 is 1.91 bits per heavy atom. The number of anilines is 1. The highest BCUT2D eigenvalue weighted by molar-refractivity contribution is 6.31. The van der Waals surface area contributed by atoms with E-state index in [2.05, 4.69) is 35.8 Å². The number of rotatable bonds is 4. The summed E-state index contributed by atoms with van der Waals surface area (Å²) in [6.07, 6.45) is 8.73. The molecular formula is C20H31ClN2. The highest BCUT2D eigenvalue weighted by atomic mass is 35.5. The van der Waals surface area contributed by atoms with Gasteiger partial charge in [0.15, 0.2) is 0 Å². The Labute approximate surface area is 146 Å². The summed E-state index contributed by atoms with van der Waals surface area (Å²) in [6.45, 7) is 9.26. The first-order chi connectivity index (χ1) is 11.1. The Kier molecular flexibility index (Phi) is 5.87. The molecule has 23 heavy (non-hydrogen) atoms. The van der Waals surface area contributed by atoms with E-state index in [4.69, 9.17) is 11.6 Å². The normalized spacial score (nSPS) is 24.1. The van der Waals surface area contributed by atoms with E-state index in [1.165, 1.54) is 69.4 Å². The second kappa shape index (κ2) is 7.90. The van der Waals surface area contributed by atoms with Gasteiger partial charge < -0.3 is 4.90 Å². The summed E-state index contributed by atoms with van der Waals surface area (Å²) in [7, 11) is 0. The number of nitrogens with zero attached hydrogens (tertiary/aromatic N) is 2. The minimum Gasteiger partial charge on any atom is -0.366 e. The van der Waals surface area contributed by atoms with Crippen LogP contribution < -0.4 is 4.90 Å². The second-order valence-electron chi connectivity index (χ2n) is 7.52.